The number of carbonyl (C=O) groups is 1. The molecule has 130 valence electrons. The molecule has 0 aromatic heterocycles. The SMILES string of the molecule is O=C(CCCC1=NS(=O)(=O)c2ccccc2N1)Nc1ccc(Cl)cc1. The van der Waals surface area contributed by atoms with Crippen LogP contribution in [0.15, 0.2) is 57.8 Å². The third kappa shape index (κ3) is 4.37. The summed E-state index contributed by atoms with van der Waals surface area (Å²) in [4.78, 5) is 12.1. The Balaban J connectivity index is 1.55. The average Bonchev–Trinajstić information content (AvgIpc) is 2.56. The molecule has 1 aliphatic heterocycles. The number of amides is 1. The summed E-state index contributed by atoms with van der Waals surface area (Å²) in [7, 11) is -3.68. The number of benzene rings is 2. The van der Waals surface area contributed by atoms with E-state index in [4.69, 9.17) is 11.6 Å². The zero-order valence-electron chi connectivity index (χ0n) is 13.2. The number of carbonyl (C=O) groups excluding carboxylic acids is 1. The molecule has 0 radical (unpaired) electrons. The molecule has 0 saturated carbocycles. The quantitative estimate of drug-likeness (QED) is 0.832. The second kappa shape index (κ2) is 7.25. The summed E-state index contributed by atoms with van der Waals surface area (Å²) in [5.41, 5.74) is 1.18. The number of para-hydroxylation sites is 1. The first-order valence-electron chi connectivity index (χ1n) is 7.69. The van der Waals surface area contributed by atoms with Crippen LogP contribution in [0.2, 0.25) is 5.02 Å². The molecular formula is C17H16ClN3O3S. The highest BCUT2D eigenvalue weighted by molar-refractivity contribution is 7.90. The van der Waals surface area contributed by atoms with Crippen molar-refractivity contribution in [3.8, 4) is 0 Å². The Labute approximate surface area is 151 Å². The maximum Gasteiger partial charge on any atom is 0.286 e. The molecule has 0 unspecified atom stereocenters. The number of amidine groups is 1. The van der Waals surface area contributed by atoms with Gasteiger partial charge in [-0.05, 0) is 42.8 Å². The van der Waals surface area contributed by atoms with E-state index in [9.17, 15) is 13.2 Å². The fraction of sp³-hybridized carbons (Fsp3) is 0.176. The Morgan fingerprint density at radius 1 is 1.12 bits per heavy atom. The van der Waals surface area contributed by atoms with Crippen LogP contribution >= 0.6 is 11.6 Å². The van der Waals surface area contributed by atoms with Crippen LogP contribution in [0.25, 0.3) is 0 Å². The fourth-order valence-corrected chi connectivity index (χ4v) is 3.75. The van der Waals surface area contributed by atoms with Crippen molar-refractivity contribution in [1.82, 2.24) is 0 Å². The Kier molecular flexibility index (Phi) is 5.06. The van der Waals surface area contributed by atoms with E-state index in [-0.39, 0.29) is 17.2 Å². The Morgan fingerprint density at radius 3 is 2.60 bits per heavy atom. The van der Waals surface area contributed by atoms with Gasteiger partial charge in [-0.3, -0.25) is 4.79 Å². The molecular weight excluding hydrogens is 362 g/mol. The predicted octanol–water partition coefficient (Wildman–Crippen LogP) is 3.66. The van der Waals surface area contributed by atoms with E-state index in [1.54, 1.807) is 42.5 Å². The van der Waals surface area contributed by atoms with Gasteiger partial charge in [-0.1, -0.05) is 23.7 Å². The number of nitrogens with zero attached hydrogens (tertiary/aromatic N) is 1. The van der Waals surface area contributed by atoms with E-state index in [1.807, 2.05) is 0 Å². The Hall–Kier alpha value is -2.38. The van der Waals surface area contributed by atoms with Crippen LogP contribution in [0.4, 0.5) is 11.4 Å². The monoisotopic (exact) mass is 377 g/mol. The van der Waals surface area contributed by atoms with Gasteiger partial charge >= 0.3 is 0 Å². The van der Waals surface area contributed by atoms with Crippen LogP contribution in [0.3, 0.4) is 0 Å². The Morgan fingerprint density at radius 2 is 1.84 bits per heavy atom. The van der Waals surface area contributed by atoms with Crippen LogP contribution in [0, 0.1) is 0 Å². The predicted molar refractivity (Wildman–Crippen MR) is 98.6 cm³/mol. The van der Waals surface area contributed by atoms with Gasteiger partial charge in [0.15, 0.2) is 0 Å². The number of halogens is 1. The molecule has 25 heavy (non-hydrogen) atoms. The maximum atomic E-state index is 12.1. The normalized spacial score (nSPS) is 14.8. The molecule has 0 bridgehead atoms. The number of fused-ring (bicyclic) bond motifs is 1. The van der Waals surface area contributed by atoms with Crippen molar-refractivity contribution in [3.05, 3.63) is 53.6 Å². The molecule has 1 aliphatic rings. The molecule has 2 aromatic rings. The highest BCUT2D eigenvalue weighted by Crippen LogP contribution is 2.27. The summed E-state index contributed by atoms with van der Waals surface area (Å²) in [6.07, 6.45) is 1.09. The molecule has 0 atom stereocenters. The van der Waals surface area contributed by atoms with Gasteiger partial charge in [0.1, 0.15) is 10.7 Å². The minimum Gasteiger partial charge on any atom is -0.342 e. The van der Waals surface area contributed by atoms with Gasteiger partial charge < -0.3 is 10.6 Å². The third-order valence-electron chi connectivity index (χ3n) is 3.62. The molecule has 1 amide bonds. The second-order valence-corrected chi connectivity index (χ2v) is 7.55. The van der Waals surface area contributed by atoms with Gasteiger partial charge in [0.2, 0.25) is 5.91 Å². The van der Waals surface area contributed by atoms with E-state index < -0.39 is 10.0 Å². The zero-order chi connectivity index (χ0) is 17.9. The molecule has 0 saturated heterocycles. The van der Waals surface area contributed by atoms with E-state index in [0.717, 1.165) is 0 Å². The summed E-state index contributed by atoms with van der Waals surface area (Å²) in [5, 5.41) is 6.37. The lowest BCUT2D eigenvalue weighted by Gasteiger charge is -2.17. The summed E-state index contributed by atoms with van der Waals surface area (Å²) in [6, 6.07) is 13.4. The molecule has 6 nitrogen and oxygen atoms in total. The van der Waals surface area contributed by atoms with Crippen molar-refractivity contribution in [1.29, 1.82) is 0 Å². The first kappa shape index (κ1) is 17.4. The molecule has 0 aliphatic carbocycles. The van der Waals surface area contributed by atoms with Crippen molar-refractivity contribution in [2.45, 2.75) is 24.2 Å². The Bertz CT molecular complexity index is 924. The topological polar surface area (TPSA) is 87.6 Å². The van der Waals surface area contributed by atoms with Gasteiger partial charge in [0.05, 0.1) is 5.69 Å². The summed E-state index contributed by atoms with van der Waals surface area (Å²) >= 11 is 5.79. The smallest absolute Gasteiger partial charge is 0.286 e. The van der Waals surface area contributed by atoms with E-state index in [2.05, 4.69) is 15.0 Å². The van der Waals surface area contributed by atoms with Crippen LogP contribution in [0.5, 0.6) is 0 Å². The molecule has 0 fully saturated rings. The second-order valence-electron chi connectivity index (χ2n) is 5.54. The summed E-state index contributed by atoms with van der Waals surface area (Å²) < 4.78 is 28.0. The lowest BCUT2D eigenvalue weighted by Crippen LogP contribution is -2.22. The minimum absolute atomic E-state index is 0.151. The molecule has 8 heteroatoms. The van der Waals surface area contributed by atoms with Crippen LogP contribution in [-0.2, 0) is 14.8 Å². The number of sulfonamides is 1. The number of anilines is 2. The van der Waals surface area contributed by atoms with Gasteiger partial charge in [-0.15, -0.1) is 4.40 Å². The minimum atomic E-state index is -3.68. The largest absolute Gasteiger partial charge is 0.342 e. The maximum absolute atomic E-state index is 12.1. The molecule has 2 aromatic carbocycles. The summed E-state index contributed by atoms with van der Waals surface area (Å²) in [6.45, 7) is 0. The van der Waals surface area contributed by atoms with Crippen molar-refractivity contribution in [2.75, 3.05) is 10.6 Å². The lowest BCUT2D eigenvalue weighted by molar-refractivity contribution is -0.116. The third-order valence-corrected chi connectivity index (χ3v) is 5.24. The van der Waals surface area contributed by atoms with Gasteiger partial charge in [0, 0.05) is 23.6 Å². The zero-order valence-corrected chi connectivity index (χ0v) is 14.8. The van der Waals surface area contributed by atoms with Gasteiger partial charge in [-0.2, -0.15) is 8.42 Å². The summed E-state index contributed by atoms with van der Waals surface area (Å²) in [5.74, 6) is 0.194. The van der Waals surface area contributed by atoms with Crippen molar-refractivity contribution in [2.24, 2.45) is 4.40 Å². The van der Waals surface area contributed by atoms with Gasteiger partial charge in [0.25, 0.3) is 10.0 Å². The van der Waals surface area contributed by atoms with Crippen LogP contribution in [0.1, 0.15) is 19.3 Å². The first-order chi connectivity index (χ1) is 11.9. The first-order valence-corrected chi connectivity index (χ1v) is 9.51. The number of rotatable bonds is 5. The molecule has 1 heterocycles. The highest BCUT2D eigenvalue weighted by atomic mass is 35.5. The highest BCUT2D eigenvalue weighted by Gasteiger charge is 2.23. The number of hydrogen-bond donors (Lipinski definition) is 2. The lowest BCUT2D eigenvalue weighted by atomic mass is 10.2. The molecule has 0 spiro atoms. The van der Waals surface area contributed by atoms with Crippen molar-refractivity contribution < 1.29 is 13.2 Å². The van der Waals surface area contributed by atoms with Crippen molar-refractivity contribution in [3.63, 3.8) is 0 Å². The van der Waals surface area contributed by atoms with Crippen LogP contribution in [-0.4, -0.2) is 20.2 Å². The number of hydrogen-bond acceptors (Lipinski definition) is 4. The van der Waals surface area contributed by atoms with Gasteiger partial charge in [-0.25, -0.2) is 0 Å². The fourth-order valence-electron chi connectivity index (χ4n) is 2.45. The van der Waals surface area contributed by atoms with E-state index in [0.29, 0.717) is 35.1 Å². The average molecular weight is 378 g/mol. The molecule has 2 N–H and O–H groups in total. The molecule has 3 rings (SSSR count). The van der Waals surface area contributed by atoms with E-state index in [1.165, 1.54) is 6.07 Å². The number of nitrogens with one attached hydrogen (secondary N) is 2. The standard InChI is InChI=1S/C17H16ClN3O3S/c18-12-8-10-13(11-9-12)19-17(22)7-3-6-16-20-14-4-1-2-5-15(14)25(23,24)21-16/h1-2,4-5,8-11H,3,6-7H2,(H,19,22)(H,20,21). The van der Waals surface area contributed by atoms with Crippen LogP contribution < -0.4 is 10.6 Å². The van der Waals surface area contributed by atoms with E-state index >= 15 is 0 Å². The van der Waals surface area contributed by atoms with Crippen molar-refractivity contribution >= 4 is 44.7 Å².